The Kier molecular flexibility index (Phi) is 13.6. The van der Waals surface area contributed by atoms with Crippen LogP contribution in [0.1, 0.15) is 50.7 Å². The van der Waals surface area contributed by atoms with Gasteiger partial charge in [-0.05, 0) is 35.1 Å². The summed E-state index contributed by atoms with van der Waals surface area (Å²) in [5, 5.41) is 29.6. The lowest BCUT2D eigenvalue weighted by Crippen LogP contribution is -2.40. The number of anilines is 1. The Labute approximate surface area is 231 Å². The highest BCUT2D eigenvalue weighted by Crippen LogP contribution is 2.32. The van der Waals surface area contributed by atoms with Crippen molar-refractivity contribution in [2.75, 3.05) is 31.6 Å². The number of nitrogens with one attached hydrogen (secondary N) is 1. The van der Waals surface area contributed by atoms with E-state index in [2.05, 4.69) is 5.32 Å². The summed E-state index contributed by atoms with van der Waals surface area (Å²) in [7, 11) is 0. The van der Waals surface area contributed by atoms with Gasteiger partial charge in [0.1, 0.15) is 5.75 Å². The average Bonchev–Trinajstić information content (AvgIpc) is 2.79. The van der Waals surface area contributed by atoms with Crippen LogP contribution in [0.25, 0.3) is 0 Å². The van der Waals surface area contributed by atoms with Crippen molar-refractivity contribution in [3.05, 3.63) is 57.6 Å². The Balaban J connectivity index is 0.000000464. The van der Waals surface area contributed by atoms with Crippen LogP contribution in [0.3, 0.4) is 0 Å². The SMILES string of the molecule is CC(C)c1cccc(C(C)C)c1NC(=O)CN(CC(=O)O)CC(=O)O.O=C(O)COc1ccc(Cl)c(Cl)c1. The predicted octanol–water partition coefficient (Wildman–Crippen LogP) is 4.80. The molecule has 0 saturated heterocycles. The fourth-order valence-corrected chi connectivity index (χ4v) is 3.63. The Morgan fingerprint density at radius 3 is 1.76 bits per heavy atom. The van der Waals surface area contributed by atoms with Crippen molar-refractivity contribution in [2.24, 2.45) is 0 Å². The third kappa shape index (κ3) is 11.8. The van der Waals surface area contributed by atoms with Gasteiger partial charge in [0.25, 0.3) is 0 Å². The van der Waals surface area contributed by atoms with Gasteiger partial charge in [0, 0.05) is 11.8 Å². The van der Waals surface area contributed by atoms with E-state index in [1.54, 1.807) is 12.1 Å². The van der Waals surface area contributed by atoms with E-state index >= 15 is 0 Å². The molecule has 0 aliphatic rings. The van der Waals surface area contributed by atoms with E-state index in [9.17, 15) is 19.2 Å². The van der Waals surface area contributed by atoms with Gasteiger partial charge in [0.2, 0.25) is 5.91 Å². The molecule has 0 spiro atoms. The van der Waals surface area contributed by atoms with Gasteiger partial charge in [0.05, 0.1) is 29.7 Å². The van der Waals surface area contributed by atoms with Crippen LogP contribution in [-0.2, 0) is 19.2 Å². The first-order valence-corrected chi connectivity index (χ1v) is 12.3. The second-order valence-electron chi connectivity index (χ2n) is 8.86. The third-order valence-electron chi connectivity index (χ3n) is 4.98. The van der Waals surface area contributed by atoms with Gasteiger partial charge in [-0.3, -0.25) is 19.3 Å². The summed E-state index contributed by atoms with van der Waals surface area (Å²) in [6.45, 7) is 6.38. The first-order valence-electron chi connectivity index (χ1n) is 11.6. The van der Waals surface area contributed by atoms with E-state index in [0.29, 0.717) is 15.8 Å². The monoisotopic (exact) mass is 570 g/mol. The van der Waals surface area contributed by atoms with Gasteiger partial charge < -0.3 is 25.4 Å². The third-order valence-corrected chi connectivity index (χ3v) is 5.71. The van der Waals surface area contributed by atoms with Gasteiger partial charge >= 0.3 is 17.9 Å². The molecule has 0 aliphatic carbocycles. The lowest BCUT2D eigenvalue weighted by atomic mass is 9.92. The summed E-state index contributed by atoms with van der Waals surface area (Å²) in [6.07, 6.45) is 0. The minimum Gasteiger partial charge on any atom is -0.482 e. The Morgan fingerprint density at radius 2 is 1.34 bits per heavy atom. The van der Waals surface area contributed by atoms with Crippen molar-refractivity contribution in [1.82, 2.24) is 4.90 Å². The number of benzene rings is 2. The quantitative estimate of drug-likeness (QED) is 0.281. The van der Waals surface area contributed by atoms with E-state index in [0.717, 1.165) is 21.7 Å². The number of hydrogen-bond acceptors (Lipinski definition) is 6. The molecule has 208 valence electrons. The number of rotatable bonds is 12. The summed E-state index contributed by atoms with van der Waals surface area (Å²) in [5.41, 5.74) is 2.70. The number of nitrogens with zero attached hydrogens (tertiary/aromatic N) is 1. The molecule has 12 heteroatoms. The fourth-order valence-electron chi connectivity index (χ4n) is 3.34. The number of carbonyl (C=O) groups is 4. The van der Waals surface area contributed by atoms with Crippen LogP contribution in [0.5, 0.6) is 5.75 Å². The van der Waals surface area contributed by atoms with E-state index in [1.807, 2.05) is 45.9 Å². The number of hydrogen-bond donors (Lipinski definition) is 4. The molecule has 1 amide bonds. The van der Waals surface area contributed by atoms with Crippen LogP contribution in [0, 0.1) is 0 Å². The van der Waals surface area contributed by atoms with E-state index in [4.69, 9.17) is 43.3 Å². The minimum absolute atomic E-state index is 0.197. The van der Waals surface area contributed by atoms with Crippen molar-refractivity contribution < 1.29 is 39.2 Å². The average molecular weight is 571 g/mol. The highest BCUT2D eigenvalue weighted by Gasteiger charge is 2.20. The van der Waals surface area contributed by atoms with E-state index in [1.165, 1.54) is 6.07 Å². The van der Waals surface area contributed by atoms with E-state index < -0.39 is 43.5 Å². The number of carbonyl (C=O) groups excluding carboxylic acids is 1. The minimum atomic E-state index is -1.18. The Morgan fingerprint density at radius 1 is 0.816 bits per heavy atom. The number of carboxylic acids is 3. The first kappa shape index (κ1) is 32.7. The zero-order valence-corrected chi connectivity index (χ0v) is 23.0. The smallest absolute Gasteiger partial charge is 0.341 e. The number of aliphatic carboxylic acids is 3. The van der Waals surface area contributed by atoms with Crippen molar-refractivity contribution >= 4 is 52.7 Å². The molecule has 0 fully saturated rings. The van der Waals surface area contributed by atoms with Gasteiger partial charge in [-0.1, -0.05) is 69.1 Å². The van der Waals surface area contributed by atoms with Gasteiger partial charge in [-0.25, -0.2) is 4.79 Å². The van der Waals surface area contributed by atoms with Crippen molar-refractivity contribution in [1.29, 1.82) is 0 Å². The molecule has 0 atom stereocenters. The lowest BCUT2D eigenvalue weighted by molar-refractivity contribution is -0.142. The molecule has 2 aromatic rings. The van der Waals surface area contributed by atoms with Gasteiger partial charge in [0.15, 0.2) is 6.61 Å². The molecule has 0 aliphatic heterocycles. The number of para-hydroxylation sites is 1. The Hall–Kier alpha value is -3.34. The number of halogens is 2. The van der Waals surface area contributed by atoms with Crippen LogP contribution in [-0.4, -0.2) is 70.3 Å². The molecule has 0 aromatic heterocycles. The highest BCUT2D eigenvalue weighted by molar-refractivity contribution is 6.42. The molecule has 10 nitrogen and oxygen atoms in total. The highest BCUT2D eigenvalue weighted by atomic mass is 35.5. The van der Waals surface area contributed by atoms with Crippen molar-refractivity contribution in [3.8, 4) is 5.75 Å². The van der Waals surface area contributed by atoms with Crippen LogP contribution in [0.4, 0.5) is 5.69 Å². The van der Waals surface area contributed by atoms with Crippen molar-refractivity contribution in [3.63, 3.8) is 0 Å². The maximum atomic E-state index is 12.4. The van der Waals surface area contributed by atoms with Gasteiger partial charge in [-0.15, -0.1) is 0 Å². The molecule has 0 heterocycles. The molecular weight excluding hydrogens is 539 g/mol. The van der Waals surface area contributed by atoms with Crippen molar-refractivity contribution in [2.45, 2.75) is 39.5 Å². The fraction of sp³-hybridized carbons (Fsp3) is 0.385. The molecule has 38 heavy (non-hydrogen) atoms. The maximum Gasteiger partial charge on any atom is 0.341 e. The second kappa shape index (κ2) is 15.8. The standard InChI is InChI=1S/C18H26N2O5.C8H6Cl2O3/c1-11(2)13-6-5-7-14(12(3)4)18(13)19-15(21)8-20(9-16(22)23)10-17(24)25;9-6-2-1-5(3-7(6)10)13-4-8(11)12/h5-7,11-12H,8-10H2,1-4H3,(H,19,21)(H,22,23)(H,24,25);1-3H,4H2,(H,11,12). The molecular formula is C26H32Cl2N2O8. The van der Waals surface area contributed by atoms with Crippen LogP contribution < -0.4 is 10.1 Å². The van der Waals surface area contributed by atoms with Gasteiger partial charge in [-0.2, -0.15) is 0 Å². The normalized spacial score (nSPS) is 10.7. The predicted molar refractivity (Wildman–Crippen MR) is 145 cm³/mol. The topological polar surface area (TPSA) is 153 Å². The summed E-state index contributed by atoms with van der Waals surface area (Å²) in [4.78, 5) is 45.3. The second-order valence-corrected chi connectivity index (χ2v) is 9.67. The molecule has 2 aromatic carbocycles. The number of ether oxygens (including phenoxy) is 1. The van der Waals surface area contributed by atoms with Crippen LogP contribution in [0.2, 0.25) is 10.0 Å². The molecule has 0 unspecified atom stereocenters. The number of amides is 1. The molecule has 0 radical (unpaired) electrons. The number of carboxylic acid groups (broad SMARTS) is 3. The summed E-state index contributed by atoms with van der Waals surface area (Å²) in [5.74, 6) is -3.05. The Bertz CT molecular complexity index is 1100. The largest absolute Gasteiger partial charge is 0.482 e. The van der Waals surface area contributed by atoms with E-state index in [-0.39, 0.29) is 18.4 Å². The molecule has 0 bridgehead atoms. The maximum absolute atomic E-state index is 12.4. The van der Waals surface area contributed by atoms with Crippen LogP contribution in [0.15, 0.2) is 36.4 Å². The zero-order valence-electron chi connectivity index (χ0n) is 21.5. The zero-order chi connectivity index (χ0) is 29.0. The molecule has 0 saturated carbocycles. The summed E-state index contributed by atoms with van der Waals surface area (Å²) >= 11 is 11.3. The van der Waals surface area contributed by atoms with Crippen LogP contribution >= 0.6 is 23.2 Å². The summed E-state index contributed by atoms with van der Waals surface area (Å²) in [6, 6.07) is 10.4. The lowest BCUT2D eigenvalue weighted by Gasteiger charge is -2.22. The first-order chi connectivity index (χ1) is 17.7. The molecule has 2 rings (SSSR count). The molecule has 4 N–H and O–H groups in total. The summed E-state index contributed by atoms with van der Waals surface area (Å²) < 4.78 is 4.86.